The SMILES string of the molecule is CC(C)(C)OC(=O)N1CC[C@H]1CO.COc1cc2c(cc1NS(=O)(=O)c1ccc(Br)cc1C)n(C)c(=O)n2C. The number of hydrogen-bond donors (Lipinski definition) is 2. The summed E-state index contributed by atoms with van der Waals surface area (Å²) in [5.74, 6) is 0.331. The van der Waals surface area contributed by atoms with Crippen molar-refractivity contribution in [1.82, 2.24) is 14.0 Å². The number of likely N-dealkylation sites (tertiary alicyclic amines) is 1. The van der Waals surface area contributed by atoms with E-state index in [1.54, 1.807) is 50.2 Å². The molecular weight excluding hydrogens is 592 g/mol. The summed E-state index contributed by atoms with van der Waals surface area (Å²) in [5.41, 5.74) is 1.47. The Morgan fingerprint density at radius 2 is 1.77 bits per heavy atom. The minimum Gasteiger partial charge on any atom is -0.494 e. The first-order chi connectivity index (χ1) is 18.1. The Balaban J connectivity index is 0.000000272. The van der Waals surface area contributed by atoms with Gasteiger partial charge in [0.15, 0.2) is 0 Å². The van der Waals surface area contributed by atoms with Gasteiger partial charge in [-0.1, -0.05) is 15.9 Å². The van der Waals surface area contributed by atoms with E-state index in [1.807, 2.05) is 20.8 Å². The fourth-order valence-corrected chi connectivity index (χ4v) is 5.84. The smallest absolute Gasteiger partial charge is 0.410 e. The van der Waals surface area contributed by atoms with Crippen LogP contribution in [0.4, 0.5) is 10.5 Å². The molecule has 11 nitrogen and oxygen atoms in total. The van der Waals surface area contributed by atoms with Crippen LogP contribution in [0.15, 0.2) is 44.5 Å². The fraction of sp³-hybridized carbons (Fsp3) is 0.462. The summed E-state index contributed by atoms with van der Waals surface area (Å²) in [4.78, 5) is 25.3. The number of anilines is 1. The van der Waals surface area contributed by atoms with Gasteiger partial charge < -0.3 is 19.5 Å². The number of amides is 1. The maximum atomic E-state index is 12.8. The summed E-state index contributed by atoms with van der Waals surface area (Å²) in [6, 6.07) is 8.14. The summed E-state index contributed by atoms with van der Waals surface area (Å²) in [7, 11) is 0.911. The number of aromatic nitrogens is 2. The molecule has 2 heterocycles. The minimum absolute atomic E-state index is 0.0270. The van der Waals surface area contributed by atoms with E-state index in [1.165, 1.54) is 22.3 Å². The standard InChI is InChI=1S/C17H18BrN3O4S.C9H17NO3/c1-10-7-11(18)5-6-16(10)26(23,24)19-12-8-13-14(9-15(12)25-4)21(3)17(22)20(13)2;1-9(2,3)13-8(12)10-5-4-7(10)6-11/h5-9,19H,1-4H3;7,11H,4-6H2,1-3H3/t;7-/m.0/s1. The van der Waals surface area contributed by atoms with Gasteiger partial charge in [0.25, 0.3) is 10.0 Å². The van der Waals surface area contributed by atoms with Crippen LogP contribution >= 0.6 is 15.9 Å². The number of halogens is 1. The lowest BCUT2D eigenvalue weighted by Gasteiger charge is -2.40. The number of fused-ring (bicyclic) bond motifs is 1. The molecule has 1 saturated heterocycles. The number of nitrogens with one attached hydrogen (secondary N) is 1. The average molecular weight is 628 g/mol. The number of imidazole rings is 1. The molecule has 2 aromatic carbocycles. The van der Waals surface area contributed by atoms with E-state index < -0.39 is 15.6 Å². The Kier molecular flexibility index (Phi) is 9.08. The Hall–Kier alpha value is -3.03. The largest absolute Gasteiger partial charge is 0.494 e. The van der Waals surface area contributed by atoms with Crippen LogP contribution in [-0.4, -0.2) is 65.6 Å². The normalized spacial score (nSPS) is 15.3. The lowest BCUT2D eigenvalue weighted by Crippen LogP contribution is -2.54. The van der Waals surface area contributed by atoms with Crippen LogP contribution in [0.25, 0.3) is 11.0 Å². The number of hydrogen-bond acceptors (Lipinski definition) is 7. The molecule has 0 aliphatic carbocycles. The number of benzene rings is 2. The van der Waals surface area contributed by atoms with Gasteiger partial charge in [-0.3, -0.25) is 13.9 Å². The van der Waals surface area contributed by atoms with Crippen LogP contribution < -0.4 is 15.1 Å². The van der Waals surface area contributed by atoms with Gasteiger partial charge in [-0.05, 0) is 63.9 Å². The van der Waals surface area contributed by atoms with Crippen LogP contribution in [-0.2, 0) is 28.9 Å². The molecule has 13 heteroatoms. The van der Waals surface area contributed by atoms with Crippen LogP contribution in [0.2, 0.25) is 0 Å². The Labute approximate surface area is 236 Å². The molecule has 0 unspecified atom stereocenters. The van der Waals surface area contributed by atoms with Crippen molar-refractivity contribution in [3.63, 3.8) is 0 Å². The molecule has 39 heavy (non-hydrogen) atoms. The first-order valence-electron chi connectivity index (χ1n) is 12.2. The van der Waals surface area contributed by atoms with Crippen molar-refractivity contribution >= 4 is 48.8 Å². The highest BCUT2D eigenvalue weighted by Gasteiger charge is 2.34. The van der Waals surface area contributed by atoms with Gasteiger partial charge in [0, 0.05) is 31.2 Å². The summed E-state index contributed by atoms with van der Waals surface area (Å²) in [6.45, 7) is 7.94. The second-order valence-corrected chi connectivity index (χ2v) is 12.8. The lowest BCUT2D eigenvalue weighted by molar-refractivity contribution is -0.0166. The molecule has 1 aromatic heterocycles. The minimum atomic E-state index is -3.82. The number of rotatable bonds is 5. The highest BCUT2D eigenvalue weighted by Crippen LogP contribution is 2.32. The van der Waals surface area contributed by atoms with Crippen molar-refractivity contribution in [3.05, 3.63) is 50.9 Å². The highest BCUT2D eigenvalue weighted by molar-refractivity contribution is 9.10. The Morgan fingerprint density at radius 1 is 1.15 bits per heavy atom. The van der Waals surface area contributed by atoms with Gasteiger partial charge in [0.1, 0.15) is 11.4 Å². The number of ether oxygens (including phenoxy) is 2. The van der Waals surface area contributed by atoms with E-state index in [0.29, 0.717) is 28.9 Å². The predicted molar refractivity (Wildman–Crippen MR) is 153 cm³/mol. The maximum absolute atomic E-state index is 12.8. The number of sulfonamides is 1. The Bertz CT molecular complexity index is 1540. The monoisotopic (exact) mass is 626 g/mol. The third kappa shape index (κ3) is 6.76. The maximum Gasteiger partial charge on any atom is 0.410 e. The van der Waals surface area contributed by atoms with Gasteiger partial charge >= 0.3 is 11.8 Å². The number of carbonyl (C=O) groups excluding carboxylic acids is 1. The first-order valence-corrected chi connectivity index (χ1v) is 14.5. The van der Waals surface area contributed by atoms with Gasteiger partial charge in [-0.2, -0.15) is 0 Å². The molecule has 1 aliphatic heterocycles. The molecule has 1 amide bonds. The molecule has 2 N–H and O–H groups in total. The van der Waals surface area contributed by atoms with E-state index >= 15 is 0 Å². The number of aliphatic hydroxyl groups is 1. The molecule has 0 saturated carbocycles. The number of aryl methyl sites for hydroxylation is 3. The summed E-state index contributed by atoms with van der Waals surface area (Å²) < 4.78 is 42.5. The van der Waals surface area contributed by atoms with Crippen LogP contribution in [0.5, 0.6) is 5.75 Å². The highest BCUT2D eigenvalue weighted by atomic mass is 79.9. The van der Waals surface area contributed by atoms with Crippen molar-refractivity contribution in [3.8, 4) is 5.75 Å². The lowest BCUT2D eigenvalue weighted by atomic mass is 10.1. The number of nitrogens with zero attached hydrogens (tertiary/aromatic N) is 3. The van der Waals surface area contributed by atoms with Gasteiger partial charge in [0.2, 0.25) is 0 Å². The van der Waals surface area contributed by atoms with E-state index in [9.17, 15) is 18.0 Å². The summed E-state index contributed by atoms with van der Waals surface area (Å²) in [6.07, 6.45) is 0.549. The molecule has 1 fully saturated rings. The van der Waals surface area contributed by atoms with Crippen molar-refractivity contribution in [2.45, 2.75) is 50.7 Å². The van der Waals surface area contributed by atoms with Gasteiger partial charge in [0.05, 0.1) is 41.4 Å². The first kappa shape index (κ1) is 30.5. The van der Waals surface area contributed by atoms with Gasteiger partial charge in [-0.25, -0.2) is 18.0 Å². The second-order valence-electron chi connectivity index (χ2n) is 10.3. The quantitative estimate of drug-likeness (QED) is 0.441. The van der Waals surface area contributed by atoms with Gasteiger partial charge in [-0.15, -0.1) is 0 Å². The zero-order chi connectivity index (χ0) is 29.3. The topological polar surface area (TPSA) is 132 Å². The number of methoxy groups -OCH3 is 1. The third-order valence-corrected chi connectivity index (χ3v) is 8.27. The van der Waals surface area contributed by atoms with Crippen molar-refractivity contribution < 1.29 is 27.8 Å². The number of aliphatic hydroxyl groups excluding tert-OH is 1. The molecular formula is C26H35BrN4O7S. The molecule has 1 atom stereocenters. The molecule has 3 aromatic rings. The van der Waals surface area contributed by atoms with Crippen LogP contribution in [0.3, 0.4) is 0 Å². The molecule has 0 radical (unpaired) electrons. The zero-order valence-corrected chi connectivity index (χ0v) is 25.5. The zero-order valence-electron chi connectivity index (χ0n) is 23.1. The third-order valence-electron chi connectivity index (χ3n) is 6.25. The fourth-order valence-electron chi connectivity index (χ4n) is 4.08. The summed E-state index contributed by atoms with van der Waals surface area (Å²) >= 11 is 3.33. The average Bonchev–Trinajstić information content (AvgIpc) is 3.00. The summed E-state index contributed by atoms with van der Waals surface area (Å²) in [5, 5.41) is 8.85. The Morgan fingerprint density at radius 3 is 2.26 bits per heavy atom. The van der Waals surface area contributed by atoms with Crippen molar-refractivity contribution in [2.24, 2.45) is 14.1 Å². The molecule has 0 bridgehead atoms. The predicted octanol–water partition coefficient (Wildman–Crippen LogP) is 3.75. The molecule has 1 aliphatic rings. The van der Waals surface area contributed by atoms with Crippen molar-refractivity contribution in [2.75, 3.05) is 25.0 Å². The van der Waals surface area contributed by atoms with E-state index in [4.69, 9.17) is 14.6 Å². The second kappa shape index (κ2) is 11.6. The number of carbonyl (C=O) groups is 1. The molecule has 0 spiro atoms. The molecule has 214 valence electrons. The van der Waals surface area contributed by atoms with E-state index in [0.717, 1.165) is 10.9 Å². The van der Waals surface area contributed by atoms with Crippen LogP contribution in [0.1, 0.15) is 32.8 Å². The van der Waals surface area contributed by atoms with E-state index in [-0.39, 0.29) is 35.0 Å². The van der Waals surface area contributed by atoms with Crippen LogP contribution in [0, 0.1) is 6.92 Å². The van der Waals surface area contributed by atoms with E-state index in [2.05, 4.69) is 20.7 Å². The molecule has 4 rings (SSSR count). The van der Waals surface area contributed by atoms with Crippen molar-refractivity contribution in [1.29, 1.82) is 0 Å².